The Bertz CT molecular complexity index is 1310. The number of carbonyl (C=O) groups is 1. The molecule has 0 bridgehead atoms. The van der Waals surface area contributed by atoms with Crippen molar-refractivity contribution in [2.24, 2.45) is 5.92 Å². The minimum Gasteiger partial charge on any atom is -0.489 e. The van der Waals surface area contributed by atoms with Crippen molar-refractivity contribution in [3.8, 4) is 22.8 Å². The van der Waals surface area contributed by atoms with Crippen molar-refractivity contribution in [3.05, 3.63) is 77.5 Å². The molecule has 0 radical (unpaired) electrons. The van der Waals surface area contributed by atoms with E-state index in [4.69, 9.17) is 9.47 Å². The van der Waals surface area contributed by atoms with Crippen LogP contribution in [0.25, 0.3) is 11.1 Å². The molecule has 34 heavy (non-hydrogen) atoms. The summed E-state index contributed by atoms with van der Waals surface area (Å²) in [6.07, 6.45) is 4.76. The van der Waals surface area contributed by atoms with Crippen molar-refractivity contribution in [2.75, 3.05) is 12.9 Å². The van der Waals surface area contributed by atoms with Crippen LogP contribution in [0, 0.1) is 17.6 Å². The molecular weight excluding hydrogens is 466 g/mol. The van der Waals surface area contributed by atoms with Gasteiger partial charge < -0.3 is 9.47 Å². The molecule has 4 rings (SSSR count). The molecule has 0 aliphatic heterocycles. The summed E-state index contributed by atoms with van der Waals surface area (Å²) in [5.74, 6) is -0.940. The highest BCUT2D eigenvalue weighted by molar-refractivity contribution is 7.89. The molecule has 1 aliphatic carbocycles. The van der Waals surface area contributed by atoms with Gasteiger partial charge in [0.2, 0.25) is 15.9 Å². The molecule has 1 aromatic heterocycles. The number of amides is 1. The van der Waals surface area contributed by atoms with Crippen molar-refractivity contribution in [2.45, 2.75) is 19.4 Å². The van der Waals surface area contributed by atoms with Crippen molar-refractivity contribution < 1.29 is 31.5 Å². The number of sulfonamides is 1. The third-order valence-corrected chi connectivity index (χ3v) is 5.65. The third kappa shape index (κ3) is 6.50. The maximum atomic E-state index is 14.4. The lowest BCUT2D eigenvalue weighted by Crippen LogP contribution is -2.29. The number of ether oxygens (including phenoxy) is 2. The molecule has 1 aliphatic rings. The van der Waals surface area contributed by atoms with Crippen LogP contribution in [0.1, 0.15) is 28.8 Å². The molecule has 0 atom stereocenters. The van der Waals surface area contributed by atoms with E-state index in [0.29, 0.717) is 29.5 Å². The zero-order valence-electron chi connectivity index (χ0n) is 18.3. The van der Waals surface area contributed by atoms with Crippen LogP contribution in [0.2, 0.25) is 0 Å². The van der Waals surface area contributed by atoms with E-state index in [1.807, 2.05) is 0 Å². The highest BCUT2D eigenvalue weighted by Gasteiger charge is 2.22. The van der Waals surface area contributed by atoms with Crippen LogP contribution in [0.5, 0.6) is 11.6 Å². The highest BCUT2D eigenvalue weighted by Crippen LogP contribution is 2.30. The number of carbonyl (C=O) groups excluding carboxylic acids is 1. The molecule has 178 valence electrons. The average Bonchev–Trinajstić information content (AvgIpc) is 3.60. The van der Waals surface area contributed by atoms with Gasteiger partial charge in [-0.3, -0.25) is 4.79 Å². The fourth-order valence-corrected chi connectivity index (χ4v) is 3.59. The second-order valence-electron chi connectivity index (χ2n) is 8.11. The van der Waals surface area contributed by atoms with E-state index in [1.54, 1.807) is 29.1 Å². The molecule has 0 saturated heterocycles. The van der Waals surface area contributed by atoms with Gasteiger partial charge in [0, 0.05) is 35.0 Å². The lowest BCUT2D eigenvalue weighted by atomic mass is 10.1. The first-order valence-electron chi connectivity index (χ1n) is 10.5. The van der Waals surface area contributed by atoms with E-state index in [2.05, 4.69) is 4.98 Å². The lowest BCUT2D eigenvalue weighted by molar-refractivity contribution is 0.0981. The van der Waals surface area contributed by atoms with Gasteiger partial charge in [0.1, 0.15) is 24.0 Å². The summed E-state index contributed by atoms with van der Waals surface area (Å²) in [6, 6.07) is 11.1. The summed E-state index contributed by atoms with van der Waals surface area (Å²) in [5.41, 5.74) is 1.15. The predicted molar refractivity (Wildman–Crippen MR) is 121 cm³/mol. The van der Waals surface area contributed by atoms with Gasteiger partial charge in [-0.25, -0.2) is 26.9 Å². The fourth-order valence-electron chi connectivity index (χ4n) is 3.13. The molecule has 10 heteroatoms. The third-order valence-electron chi connectivity index (χ3n) is 5.09. The number of rotatable bonds is 9. The second-order valence-corrected chi connectivity index (χ2v) is 9.86. The molecule has 2 aromatic carbocycles. The quantitative estimate of drug-likeness (QED) is 0.488. The van der Waals surface area contributed by atoms with Gasteiger partial charge in [-0.2, -0.15) is 0 Å². The zero-order valence-corrected chi connectivity index (χ0v) is 19.1. The monoisotopic (exact) mass is 488 g/mol. The maximum Gasteiger partial charge on any atom is 0.264 e. The molecule has 0 spiro atoms. The van der Waals surface area contributed by atoms with Gasteiger partial charge in [-0.15, -0.1) is 0 Å². The fraction of sp³-hybridized carbons (Fsp3) is 0.250. The van der Waals surface area contributed by atoms with Crippen molar-refractivity contribution >= 4 is 15.9 Å². The van der Waals surface area contributed by atoms with Crippen LogP contribution in [-0.2, 0) is 16.6 Å². The van der Waals surface area contributed by atoms with E-state index < -0.39 is 27.6 Å². The van der Waals surface area contributed by atoms with E-state index in [-0.39, 0.29) is 23.5 Å². The normalized spacial score (nSPS) is 13.4. The standard InChI is InChI=1S/C24H22F2N2O5S/c1-34(30,31)28-24(29)16-4-5-18(22(26)10-16)14-32-21-9-19(8-20(25)11-21)17-6-7-23(27-12-17)33-13-15-2-3-15/h4-12,15H,2-3,13-14H2,1H3,(H,28,29). The number of hydrogen-bond donors (Lipinski definition) is 1. The first kappa shape index (κ1) is 23.6. The summed E-state index contributed by atoms with van der Waals surface area (Å²) in [4.78, 5) is 16.1. The Morgan fingerprint density at radius 3 is 2.50 bits per heavy atom. The van der Waals surface area contributed by atoms with Crippen LogP contribution < -0.4 is 14.2 Å². The van der Waals surface area contributed by atoms with E-state index in [1.165, 1.54) is 37.1 Å². The summed E-state index contributed by atoms with van der Waals surface area (Å²) < 4.78 is 63.9. The van der Waals surface area contributed by atoms with Crippen LogP contribution >= 0.6 is 0 Å². The Labute approximate surface area is 195 Å². The van der Waals surface area contributed by atoms with Gasteiger partial charge in [-0.1, -0.05) is 6.07 Å². The van der Waals surface area contributed by atoms with Gasteiger partial charge in [0.15, 0.2) is 0 Å². The van der Waals surface area contributed by atoms with Crippen LogP contribution in [-0.4, -0.2) is 32.2 Å². The van der Waals surface area contributed by atoms with E-state index in [9.17, 15) is 22.0 Å². The molecule has 0 unspecified atom stereocenters. The minimum atomic E-state index is -3.77. The lowest BCUT2D eigenvalue weighted by Gasteiger charge is -2.11. The SMILES string of the molecule is CS(=O)(=O)NC(=O)c1ccc(COc2cc(F)cc(-c3ccc(OCC4CC4)nc3)c2)c(F)c1. The largest absolute Gasteiger partial charge is 0.489 e. The molecule has 1 fully saturated rings. The smallest absolute Gasteiger partial charge is 0.264 e. The van der Waals surface area contributed by atoms with Crippen LogP contribution in [0.15, 0.2) is 54.7 Å². The Hall–Kier alpha value is -3.53. The van der Waals surface area contributed by atoms with Crippen molar-refractivity contribution in [1.29, 1.82) is 0 Å². The minimum absolute atomic E-state index is 0.112. The number of benzene rings is 2. The van der Waals surface area contributed by atoms with Gasteiger partial charge in [-0.05, 0) is 54.7 Å². The Morgan fingerprint density at radius 2 is 1.85 bits per heavy atom. The second kappa shape index (κ2) is 9.76. The predicted octanol–water partition coefficient (Wildman–Crippen LogP) is 4.08. The summed E-state index contributed by atoms with van der Waals surface area (Å²) in [7, 11) is -3.77. The summed E-state index contributed by atoms with van der Waals surface area (Å²) in [6.45, 7) is 0.416. The number of hydrogen-bond acceptors (Lipinski definition) is 6. The molecule has 1 heterocycles. The number of nitrogens with zero attached hydrogens (tertiary/aromatic N) is 1. The number of aromatic nitrogens is 1. The first-order valence-corrected chi connectivity index (χ1v) is 12.4. The Kier molecular flexibility index (Phi) is 6.78. The molecule has 1 N–H and O–H groups in total. The average molecular weight is 489 g/mol. The van der Waals surface area contributed by atoms with E-state index in [0.717, 1.165) is 12.3 Å². The van der Waals surface area contributed by atoms with Gasteiger partial charge in [0.25, 0.3) is 5.91 Å². The van der Waals surface area contributed by atoms with Gasteiger partial charge in [0.05, 0.1) is 12.9 Å². The zero-order chi connectivity index (χ0) is 24.3. The molecular formula is C24H22F2N2O5S. The molecule has 1 amide bonds. The number of pyridine rings is 1. The summed E-state index contributed by atoms with van der Waals surface area (Å²) >= 11 is 0. The maximum absolute atomic E-state index is 14.4. The first-order chi connectivity index (χ1) is 16.2. The Balaban J connectivity index is 1.43. The summed E-state index contributed by atoms with van der Waals surface area (Å²) in [5, 5.41) is 0. The van der Waals surface area contributed by atoms with Gasteiger partial charge >= 0.3 is 0 Å². The van der Waals surface area contributed by atoms with Crippen LogP contribution in [0.4, 0.5) is 8.78 Å². The van der Waals surface area contributed by atoms with Crippen LogP contribution in [0.3, 0.4) is 0 Å². The number of nitrogens with one attached hydrogen (secondary N) is 1. The van der Waals surface area contributed by atoms with E-state index >= 15 is 0 Å². The highest BCUT2D eigenvalue weighted by atomic mass is 32.2. The van der Waals surface area contributed by atoms with Crippen molar-refractivity contribution in [3.63, 3.8) is 0 Å². The van der Waals surface area contributed by atoms with Crippen molar-refractivity contribution in [1.82, 2.24) is 9.71 Å². The molecule has 1 saturated carbocycles. The number of halogens is 2. The molecule has 7 nitrogen and oxygen atoms in total. The topological polar surface area (TPSA) is 94.6 Å². The Morgan fingerprint density at radius 1 is 1.06 bits per heavy atom. The molecule has 3 aromatic rings.